The summed E-state index contributed by atoms with van der Waals surface area (Å²) in [5, 5.41) is 63.1. The average Bonchev–Trinajstić information content (AvgIpc) is 3.04. The molecule has 17 nitrogen and oxygen atoms in total. The quantitative estimate of drug-likeness (QED) is 0.111. The molecule has 0 unspecified atom stereocenters. The topological polar surface area (TPSA) is 290 Å². The zero-order valence-electron chi connectivity index (χ0n) is 16.6. The maximum absolute atomic E-state index is 11.6. The van der Waals surface area contributed by atoms with Crippen molar-refractivity contribution < 1.29 is 64.2 Å². The van der Waals surface area contributed by atoms with E-state index < -0.39 is 81.2 Å². The first kappa shape index (κ1) is 29.2. The lowest BCUT2D eigenvalue weighted by molar-refractivity contribution is -0.136. The molecule has 0 saturated carbocycles. The predicted octanol–water partition coefficient (Wildman–Crippen LogP) is -6.11. The molecule has 10 N–H and O–H groups in total. The highest BCUT2D eigenvalue weighted by molar-refractivity contribution is 7.46. The molecule has 8 atom stereocenters. The minimum absolute atomic E-state index is 0.0258. The van der Waals surface area contributed by atoms with Gasteiger partial charge in [-0.2, -0.15) is 0 Å². The lowest BCUT2D eigenvalue weighted by Crippen LogP contribution is -2.46. The van der Waals surface area contributed by atoms with Crippen LogP contribution in [0.2, 0.25) is 0 Å². The van der Waals surface area contributed by atoms with E-state index >= 15 is 0 Å². The van der Waals surface area contributed by atoms with Crippen LogP contribution in [0.15, 0.2) is 21.9 Å². The molecule has 0 spiro atoms. The summed E-state index contributed by atoms with van der Waals surface area (Å²) in [5.41, 5.74) is -1.51. The van der Waals surface area contributed by atoms with Crippen molar-refractivity contribution in [3.05, 3.63) is 33.1 Å². The molecule has 1 aromatic rings. The number of ether oxygens (including phenoxy) is 1. The molecule has 1 aliphatic rings. The number of aliphatic hydroxyl groups is 7. The van der Waals surface area contributed by atoms with Crippen molar-refractivity contribution in [3.63, 3.8) is 0 Å². The normalized spacial score (nSPS) is 26.6. The lowest BCUT2D eigenvalue weighted by atomic mass is 10.0. The van der Waals surface area contributed by atoms with E-state index in [1.807, 2.05) is 4.98 Å². The summed E-state index contributed by atoms with van der Waals surface area (Å²) in [6, 6.07) is 1.02. The van der Waals surface area contributed by atoms with E-state index in [-0.39, 0.29) is 6.29 Å². The molecule has 0 aromatic carbocycles. The molecule has 18 heteroatoms. The molecule has 0 amide bonds. The van der Waals surface area contributed by atoms with E-state index in [4.69, 9.17) is 40.1 Å². The number of phosphoric ester groups is 1. The van der Waals surface area contributed by atoms with Gasteiger partial charge < -0.3 is 55.1 Å². The standard InChI is InChI=1S/C9H13N2O9P.C6H12O6/c12-5-1-2-11(9(15)10-5)8-7(14)6(13)4(20-8)3-19-21(16,17)18;7-1-3(9)5(11)6(12)4(10)2-8/h1-2,4,6-8,13-14H,3H2,(H,10,12,15)(H2,16,17,18);1,3-6,8-12H,2H2/t4-,6-,7-,8-;3-,4+,5+,6+/m10/s1. The number of carbonyl (C=O) groups is 1. The second kappa shape index (κ2) is 12.6. The summed E-state index contributed by atoms with van der Waals surface area (Å²) in [6.07, 6.45) is -11.4. The van der Waals surface area contributed by atoms with Crippen LogP contribution in [-0.4, -0.2) is 117 Å². The summed E-state index contributed by atoms with van der Waals surface area (Å²) in [4.78, 5) is 51.5. The fourth-order valence-electron chi connectivity index (χ4n) is 2.51. The van der Waals surface area contributed by atoms with Gasteiger partial charge in [-0.1, -0.05) is 0 Å². The van der Waals surface area contributed by atoms with Gasteiger partial charge in [0.1, 0.15) is 42.7 Å². The molecule has 0 bridgehead atoms. The van der Waals surface area contributed by atoms with Crippen molar-refractivity contribution in [2.24, 2.45) is 0 Å². The Morgan fingerprint density at radius 2 is 1.76 bits per heavy atom. The van der Waals surface area contributed by atoms with Gasteiger partial charge in [-0.3, -0.25) is 18.9 Å². The highest BCUT2D eigenvalue weighted by atomic mass is 31.2. The van der Waals surface area contributed by atoms with Gasteiger partial charge >= 0.3 is 13.5 Å². The zero-order valence-corrected chi connectivity index (χ0v) is 17.5. The highest BCUT2D eigenvalue weighted by Crippen LogP contribution is 2.38. The van der Waals surface area contributed by atoms with Crippen molar-refractivity contribution in [1.82, 2.24) is 9.55 Å². The molecule has 1 aliphatic heterocycles. The molecule has 1 aromatic heterocycles. The third-order valence-corrected chi connectivity index (χ3v) is 4.78. The largest absolute Gasteiger partial charge is 0.469 e. The minimum Gasteiger partial charge on any atom is -0.394 e. The fourth-order valence-corrected chi connectivity index (χ4v) is 2.85. The summed E-state index contributed by atoms with van der Waals surface area (Å²) in [5.74, 6) is 0. The first-order valence-corrected chi connectivity index (χ1v) is 10.6. The first-order valence-electron chi connectivity index (χ1n) is 9.05. The Bertz CT molecular complexity index is 915. The van der Waals surface area contributed by atoms with Gasteiger partial charge in [-0.25, -0.2) is 9.36 Å². The number of nitrogens with zero attached hydrogens (tertiary/aromatic N) is 1. The third kappa shape index (κ3) is 8.45. The summed E-state index contributed by atoms with van der Waals surface area (Å²) in [6.45, 7) is -1.44. The average molecular weight is 504 g/mol. The van der Waals surface area contributed by atoms with Gasteiger partial charge in [0.25, 0.3) is 5.56 Å². The number of aliphatic hydroxyl groups excluding tert-OH is 7. The van der Waals surface area contributed by atoms with Crippen molar-refractivity contribution >= 4 is 14.1 Å². The Balaban J connectivity index is 0.000000389. The minimum atomic E-state index is -4.76. The summed E-state index contributed by atoms with van der Waals surface area (Å²) >= 11 is 0. The number of nitrogens with one attached hydrogen (secondary N) is 1. The van der Waals surface area contributed by atoms with E-state index in [1.54, 1.807) is 0 Å². The van der Waals surface area contributed by atoms with Gasteiger partial charge in [-0.05, 0) is 0 Å². The van der Waals surface area contributed by atoms with Crippen LogP contribution in [0.4, 0.5) is 0 Å². The van der Waals surface area contributed by atoms with E-state index in [9.17, 15) is 29.2 Å². The van der Waals surface area contributed by atoms with E-state index in [0.717, 1.165) is 16.8 Å². The molecule has 2 rings (SSSR count). The van der Waals surface area contributed by atoms with Gasteiger partial charge in [0.05, 0.1) is 13.2 Å². The number of rotatable bonds is 9. The van der Waals surface area contributed by atoms with Gasteiger partial charge in [0.15, 0.2) is 12.5 Å². The van der Waals surface area contributed by atoms with Crippen LogP contribution in [0.25, 0.3) is 0 Å². The smallest absolute Gasteiger partial charge is 0.394 e. The Labute approximate surface area is 184 Å². The van der Waals surface area contributed by atoms with Crippen LogP contribution in [0, 0.1) is 0 Å². The van der Waals surface area contributed by atoms with Crippen LogP contribution in [-0.2, 0) is 18.6 Å². The fraction of sp³-hybridized carbons (Fsp3) is 0.667. The number of aromatic nitrogens is 2. The molecular formula is C15H25N2O15P. The monoisotopic (exact) mass is 504 g/mol. The molecule has 2 heterocycles. The molecule has 0 aliphatic carbocycles. The summed E-state index contributed by atoms with van der Waals surface area (Å²) in [7, 11) is -4.76. The summed E-state index contributed by atoms with van der Waals surface area (Å²) < 4.78 is 20.8. The molecule has 33 heavy (non-hydrogen) atoms. The van der Waals surface area contributed by atoms with E-state index in [0.29, 0.717) is 0 Å². The first-order chi connectivity index (χ1) is 15.2. The number of H-pyrrole nitrogens is 1. The number of hydrogen-bond acceptors (Lipinski definition) is 13. The third-order valence-electron chi connectivity index (χ3n) is 4.29. The van der Waals surface area contributed by atoms with E-state index in [2.05, 4.69) is 4.52 Å². The number of aldehydes is 1. The van der Waals surface area contributed by atoms with Crippen LogP contribution in [0.3, 0.4) is 0 Å². The number of phosphoric acid groups is 1. The maximum Gasteiger partial charge on any atom is 0.469 e. The van der Waals surface area contributed by atoms with E-state index in [1.165, 1.54) is 0 Å². The van der Waals surface area contributed by atoms with Crippen molar-refractivity contribution in [3.8, 4) is 0 Å². The second-order valence-electron chi connectivity index (χ2n) is 6.71. The zero-order chi connectivity index (χ0) is 25.5. The van der Waals surface area contributed by atoms with Crippen molar-refractivity contribution in [1.29, 1.82) is 0 Å². The predicted molar refractivity (Wildman–Crippen MR) is 102 cm³/mol. The number of aromatic amines is 1. The Kier molecular flexibility index (Phi) is 11.1. The number of carbonyl (C=O) groups excluding carboxylic acids is 1. The van der Waals surface area contributed by atoms with Crippen LogP contribution in [0.5, 0.6) is 0 Å². The van der Waals surface area contributed by atoms with Crippen LogP contribution in [0.1, 0.15) is 6.23 Å². The van der Waals surface area contributed by atoms with Crippen LogP contribution >= 0.6 is 7.82 Å². The van der Waals surface area contributed by atoms with Gasteiger partial charge in [0.2, 0.25) is 0 Å². The Morgan fingerprint density at radius 1 is 1.15 bits per heavy atom. The SMILES string of the molecule is O=C[C@H](O)[C@@H](O)[C@H](O)[C@H](O)CO.O=c1ccn([C@@H]2O[C@H](COP(=O)(O)O)[C@@H](O)[C@H]2O)c(=O)[nH]1. The molecular weight excluding hydrogens is 479 g/mol. The molecule has 1 saturated heterocycles. The number of hydrogen-bond donors (Lipinski definition) is 10. The second-order valence-corrected chi connectivity index (χ2v) is 7.95. The van der Waals surface area contributed by atoms with Gasteiger partial charge in [-0.15, -0.1) is 0 Å². The highest BCUT2D eigenvalue weighted by Gasteiger charge is 2.44. The maximum atomic E-state index is 11.6. The molecule has 1 fully saturated rings. The lowest BCUT2D eigenvalue weighted by Gasteiger charge is -2.22. The van der Waals surface area contributed by atoms with Gasteiger partial charge in [0, 0.05) is 12.3 Å². The van der Waals surface area contributed by atoms with Crippen LogP contribution < -0.4 is 11.2 Å². The van der Waals surface area contributed by atoms with Crippen molar-refractivity contribution in [2.75, 3.05) is 13.2 Å². The Hall–Kier alpha value is -1.86. The Morgan fingerprint density at radius 3 is 2.24 bits per heavy atom. The van der Waals surface area contributed by atoms with Crippen molar-refractivity contribution in [2.45, 2.75) is 49.0 Å². The molecule has 190 valence electrons. The molecule has 0 radical (unpaired) electrons.